The Morgan fingerprint density at radius 2 is 1.95 bits per heavy atom. The molecule has 1 aromatic carbocycles. The molecule has 3 nitrogen and oxygen atoms in total. The lowest BCUT2D eigenvalue weighted by Crippen LogP contribution is -2.01. The van der Waals surface area contributed by atoms with Gasteiger partial charge in [-0.25, -0.2) is 4.79 Å². The fourth-order valence-electron chi connectivity index (χ4n) is 1.43. The number of furan rings is 1. The number of carbonyl (C=O) groups excluding carboxylic acids is 1. The van der Waals surface area contributed by atoms with E-state index >= 15 is 0 Å². The molecule has 0 radical (unpaired) electrons. The lowest BCUT2D eigenvalue weighted by Gasteiger charge is -2.06. The van der Waals surface area contributed by atoms with Gasteiger partial charge in [0.25, 0.3) is 0 Å². The Morgan fingerprint density at radius 1 is 1.25 bits per heavy atom. The molecule has 0 spiro atoms. The van der Waals surface area contributed by atoms with Crippen LogP contribution in [0.1, 0.15) is 11.3 Å². The molecule has 0 unspecified atom stereocenters. The number of hydrogen-bond acceptors (Lipinski definition) is 3. The normalized spacial score (nSPS) is 10.9. The standard InChI is InChI=1S/C14H9Cl2IO3/c15-11-2-1-3-12(16)10(11)8-19-14(18)7-5-9-4-6-13(17)20-9/h1-7H,8H2. The number of ether oxygens (including phenoxy) is 1. The first-order valence-corrected chi connectivity index (χ1v) is 7.43. The quantitative estimate of drug-likeness (QED) is 0.397. The van der Waals surface area contributed by atoms with Gasteiger partial charge in [-0.3, -0.25) is 0 Å². The summed E-state index contributed by atoms with van der Waals surface area (Å²) in [6, 6.07) is 8.68. The molecule has 1 heterocycles. The van der Waals surface area contributed by atoms with Gasteiger partial charge in [-0.2, -0.15) is 0 Å². The van der Waals surface area contributed by atoms with Crippen molar-refractivity contribution in [2.24, 2.45) is 0 Å². The van der Waals surface area contributed by atoms with Crippen LogP contribution in [0, 0.1) is 3.77 Å². The van der Waals surface area contributed by atoms with Crippen LogP contribution >= 0.6 is 45.8 Å². The molecule has 2 aromatic rings. The highest BCUT2D eigenvalue weighted by molar-refractivity contribution is 14.1. The number of rotatable bonds is 4. The van der Waals surface area contributed by atoms with Crippen LogP contribution in [0.2, 0.25) is 10.0 Å². The minimum atomic E-state index is -0.493. The summed E-state index contributed by atoms with van der Waals surface area (Å²) in [4.78, 5) is 11.6. The van der Waals surface area contributed by atoms with Gasteiger partial charge in [-0.15, -0.1) is 0 Å². The van der Waals surface area contributed by atoms with Crippen molar-refractivity contribution in [3.63, 3.8) is 0 Å². The molecule has 0 N–H and O–H groups in total. The van der Waals surface area contributed by atoms with Crippen LogP contribution in [0.5, 0.6) is 0 Å². The summed E-state index contributed by atoms with van der Waals surface area (Å²) in [7, 11) is 0. The zero-order valence-electron chi connectivity index (χ0n) is 10.1. The molecule has 0 amide bonds. The number of halogens is 3. The maximum atomic E-state index is 11.6. The molecule has 0 fully saturated rings. The van der Waals surface area contributed by atoms with Crippen molar-refractivity contribution in [3.8, 4) is 0 Å². The van der Waals surface area contributed by atoms with E-state index in [9.17, 15) is 4.79 Å². The van der Waals surface area contributed by atoms with E-state index in [1.54, 1.807) is 36.4 Å². The fraction of sp³-hybridized carbons (Fsp3) is 0.0714. The molecule has 0 atom stereocenters. The Morgan fingerprint density at radius 3 is 2.55 bits per heavy atom. The van der Waals surface area contributed by atoms with Gasteiger partial charge in [0.15, 0.2) is 3.77 Å². The molecule has 1 aromatic heterocycles. The number of carbonyl (C=O) groups is 1. The molecule has 0 bridgehead atoms. The van der Waals surface area contributed by atoms with Crippen LogP contribution in [-0.4, -0.2) is 5.97 Å². The predicted molar refractivity (Wildman–Crippen MR) is 86.7 cm³/mol. The average molecular weight is 423 g/mol. The summed E-state index contributed by atoms with van der Waals surface area (Å²) < 4.78 is 11.1. The first-order chi connectivity index (χ1) is 9.56. The molecule has 20 heavy (non-hydrogen) atoms. The summed E-state index contributed by atoms with van der Waals surface area (Å²) in [6.45, 7) is 0.0252. The third-order valence-corrected chi connectivity index (χ3v) is 3.69. The Kier molecular flexibility index (Phi) is 5.51. The lowest BCUT2D eigenvalue weighted by atomic mass is 10.2. The van der Waals surface area contributed by atoms with Gasteiger partial charge in [0.2, 0.25) is 0 Å². The minimum Gasteiger partial charge on any atom is -0.458 e. The van der Waals surface area contributed by atoms with Crippen LogP contribution in [0.3, 0.4) is 0 Å². The van der Waals surface area contributed by atoms with Gasteiger partial charge in [0.1, 0.15) is 12.4 Å². The number of esters is 1. The highest BCUT2D eigenvalue weighted by atomic mass is 127. The largest absolute Gasteiger partial charge is 0.458 e. The third kappa shape index (κ3) is 4.26. The lowest BCUT2D eigenvalue weighted by molar-refractivity contribution is -0.138. The van der Waals surface area contributed by atoms with E-state index in [1.165, 1.54) is 6.08 Å². The molecule has 0 aliphatic heterocycles. The Balaban J connectivity index is 1.94. The average Bonchev–Trinajstić information content (AvgIpc) is 2.82. The first kappa shape index (κ1) is 15.4. The predicted octanol–water partition coefficient (Wildman–Crippen LogP) is 4.95. The highest BCUT2D eigenvalue weighted by Crippen LogP contribution is 2.24. The van der Waals surface area contributed by atoms with Crippen molar-refractivity contribution in [1.82, 2.24) is 0 Å². The molecule has 0 saturated carbocycles. The van der Waals surface area contributed by atoms with Crippen molar-refractivity contribution in [3.05, 3.63) is 61.5 Å². The van der Waals surface area contributed by atoms with E-state index in [4.69, 9.17) is 32.4 Å². The molecule has 104 valence electrons. The Labute approximate surface area is 139 Å². The SMILES string of the molecule is O=C(C=Cc1ccc(I)o1)OCc1c(Cl)cccc1Cl. The maximum Gasteiger partial charge on any atom is 0.331 e. The van der Waals surface area contributed by atoms with Crippen molar-refractivity contribution in [1.29, 1.82) is 0 Å². The molecule has 6 heteroatoms. The van der Waals surface area contributed by atoms with E-state index in [0.29, 0.717) is 21.4 Å². The van der Waals surface area contributed by atoms with Crippen LogP contribution in [0.4, 0.5) is 0 Å². The maximum absolute atomic E-state index is 11.6. The van der Waals surface area contributed by atoms with Crippen molar-refractivity contribution >= 4 is 57.8 Å². The second-order valence-corrected chi connectivity index (χ2v) is 5.66. The second kappa shape index (κ2) is 7.15. The molecule has 0 aliphatic carbocycles. The minimum absolute atomic E-state index is 0.0252. The number of hydrogen-bond donors (Lipinski definition) is 0. The van der Waals surface area contributed by atoms with Gasteiger partial charge in [0.05, 0.1) is 0 Å². The van der Waals surface area contributed by atoms with Crippen LogP contribution < -0.4 is 0 Å². The highest BCUT2D eigenvalue weighted by Gasteiger charge is 2.07. The third-order valence-electron chi connectivity index (χ3n) is 2.40. The van der Waals surface area contributed by atoms with Gasteiger partial charge in [-0.05, 0) is 52.9 Å². The summed E-state index contributed by atoms with van der Waals surface area (Å²) in [5.74, 6) is 0.0921. The molecular formula is C14H9Cl2IO3. The summed E-state index contributed by atoms with van der Waals surface area (Å²) in [5, 5.41) is 0.935. The van der Waals surface area contributed by atoms with Crippen molar-refractivity contribution in [2.45, 2.75) is 6.61 Å². The Bertz CT molecular complexity index is 629. The summed E-state index contributed by atoms with van der Waals surface area (Å²) >= 11 is 14.0. The first-order valence-electron chi connectivity index (χ1n) is 5.59. The number of benzene rings is 1. The van der Waals surface area contributed by atoms with Crippen molar-refractivity contribution < 1.29 is 13.9 Å². The molecule has 0 saturated heterocycles. The zero-order valence-corrected chi connectivity index (χ0v) is 13.8. The van der Waals surface area contributed by atoms with Crippen LogP contribution in [0.25, 0.3) is 6.08 Å². The van der Waals surface area contributed by atoms with E-state index in [0.717, 1.165) is 3.77 Å². The molecular weight excluding hydrogens is 414 g/mol. The van der Waals surface area contributed by atoms with Crippen LogP contribution in [0.15, 0.2) is 40.8 Å². The van der Waals surface area contributed by atoms with Gasteiger partial charge < -0.3 is 9.15 Å². The fourth-order valence-corrected chi connectivity index (χ4v) is 2.37. The summed E-state index contributed by atoms with van der Waals surface area (Å²) in [5.41, 5.74) is 0.588. The van der Waals surface area contributed by atoms with Gasteiger partial charge >= 0.3 is 5.97 Å². The van der Waals surface area contributed by atoms with E-state index in [2.05, 4.69) is 0 Å². The van der Waals surface area contributed by atoms with E-state index in [1.807, 2.05) is 22.6 Å². The zero-order chi connectivity index (χ0) is 14.5. The monoisotopic (exact) mass is 422 g/mol. The molecule has 0 aliphatic rings. The van der Waals surface area contributed by atoms with Gasteiger partial charge in [0, 0.05) is 21.7 Å². The van der Waals surface area contributed by atoms with E-state index < -0.39 is 5.97 Å². The van der Waals surface area contributed by atoms with Crippen LogP contribution in [-0.2, 0) is 16.1 Å². The second-order valence-electron chi connectivity index (χ2n) is 3.78. The Hall–Kier alpha value is -0.980. The summed E-state index contributed by atoms with van der Waals surface area (Å²) in [6.07, 6.45) is 2.83. The smallest absolute Gasteiger partial charge is 0.331 e. The topological polar surface area (TPSA) is 39.4 Å². The van der Waals surface area contributed by atoms with Gasteiger partial charge in [-0.1, -0.05) is 29.3 Å². The molecule has 2 rings (SSSR count). The van der Waals surface area contributed by atoms with Crippen molar-refractivity contribution in [2.75, 3.05) is 0 Å². The van der Waals surface area contributed by atoms with E-state index in [-0.39, 0.29) is 6.61 Å².